The monoisotopic (exact) mass is 388 g/mol. The van der Waals surface area contributed by atoms with Crippen LogP contribution in [0.1, 0.15) is 44.4 Å². The van der Waals surface area contributed by atoms with Gasteiger partial charge in [0.15, 0.2) is 0 Å². The molecular formula is C19H21ClN4OS. The zero-order valence-corrected chi connectivity index (χ0v) is 16.7. The van der Waals surface area contributed by atoms with Crippen LogP contribution in [0.4, 0.5) is 5.69 Å². The fourth-order valence-electron chi connectivity index (χ4n) is 2.41. The van der Waals surface area contributed by atoms with Crippen molar-refractivity contribution in [2.45, 2.75) is 39.2 Å². The Labute approximate surface area is 161 Å². The SMILES string of the molecule is CC(Nc1cnn(-c2ccccc2)c(=O)c1Cl)c1nc(C(C)(C)C)cs1. The normalized spacial score (nSPS) is 12.8. The molecule has 7 heteroatoms. The Morgan fingerprint density at radius 3 is 2.54 bits per heavy atom. The van der Waals surface area contributed by atoms with E-state index in [0.29, 0.717) is 11.4 Å². The Bertz CT molecular complexity index is 960. The highest BCUT2D eigenvalue weighted by molar-refractivity contribution is 7.09. The molecule has 5 nitrogen and oxygen atoms in total. The minimum atomic E-state index is -0.357. The van der Waals surface area contributed by atoms with E-state index in [2.05, 4.69) is 36.6 Å². The number of rotatable bonds is 4. The van der Waals surface area contributed by atoms with Crippen molar-refractivity contribution in [3.63, 3.8) is 0 Å². The van der Waals surface area contributed by atoms with Gasteiger partial charge in [0.1, 0.15) is 10.0 Å². The van der Waals surface area contributed by atoms with E-state index in [0.717, 1.165) is 10.7 Å². The summed E-state index contributed by atoms with van der Waals surface area (Å²) in [6.07, 6.45) is 1.57. The van der Waals surface area contributed by atoms with Gasteiger partial charge in [-0.15, -0.1) is 11.3 Å². The van der Waals surface area contributed by atoms with Crippen LogP contribution in [0.15, 0.2) is 46.7 Å². The van der Waals surface area contributed by atoms with Crippen molar-refractivity contribution in [1.29, 1.82) is 0 Å². The van der Waals surface area contributed by atoms with Crippen molar-refractivity contribution in [2.75, 3.05) is 5.32 Å². The summed E-state index contributed by atoms with van der Waals surface area (Å²) < 4.78 is 1.29. The molecule has 26 heavy (non-hydrogen) atoms. The lowest BCUT2D eigenvalue weighted by atomic mass is 9.93. The van der Waals surface area contributed by atoms with Gasteiger partial charge in [-0.2, -0.15) is 9.78 Å². The predicted octanol–water partition coefficient (Wildman–Crippen LogP) is 4.81. The molecule has 0 aliphatic heterocycles. The molecule has 3 aromatic rings. The molecule has 0 fully saturated rings. The molecule has 2 heterocycles. The van der Waals surface area contributed by atoms with E-state index in [9.17, 15) is 4.79 Å². The minimum absolute atomic E-state index is 0.00380. The first kappa shape index (κ1) is 18.6. The maximum absolute atomic E-state index is 12.6. The summed E-state index contributed by atoms with van der Waals surface area (Å²) in [4.78, 5) is 17.3. The lowest BCUT2D eigenvalue weighted by molar-refractivity contribution is 0.569. The fourth-order valence-corrected chi connectivity index (χ4v) is 3.65. The van der Waals surface area contributed by atoms with Crippen LogP contribution in [-0.4, -0.2) is 14.8 Å². The summed E-state index contributed by atoms with van der Waals surface area (Å²) in [5, 5.41) is 10.6. The molecule has 2 aromatic heterocycles. The molecule has 0 bridgehead atoms. The summed E-state index contributed by atoms with van der Waals surface area (Å²) in [5.74, 6) is 0. The molecule has 136 valence electrons. The van der Waals surface area contributed by atoms with Crippen molar-refractivity contribution in [3.05, 3.63) is 68.0 Å². The van der Waals surface area contributed by atoms with Gasteiger partial charge in [0, 0.05) is 10.8 Å². The molecular weight excluding hydrogens is 368 g/mol. The van der Waals surface area contributed by atoms with Crippen LogP contribution in [0.2, 0.25) is 5.02 Å². The lowest BCUT2D eigenvalue weighted by Crippen LogP contribution is -2.23. The van der Waals surface area contributed by atoms with E-state index in [1.54, 1.807) is 17.5 Å². The number of nitrogens with zero attached hydrogens (tertiary/aromatic N) is 3. The summed E-state index contributed by atoms with van der Waals surface area (Å²) in [6, 6.07) is 9.12. The Kier molecular flexibility index (Phi) is 5.16. The quantitative estimate of drug-likeness (QED) is 0.696. The number of anilines is 1. The van der Waals surface area contributed by atoms with E-state index in [1.807, 2.05) is 37.3 Å². The topological polar surface area (TPSA) is 59.8 Å². The van der Waals surface area contributed by atoms with Gasteiger partial charge in [-0.1, -0.05) is 50.6 Å². The molecule has 1 unspecified atom stereocenters. The first-order valence-corrected chi connectivity index (χ1v) is 9.59. The summed E-state index contributed by atoms with van der Waals surface area (Å²) in [6.45, 7) is 8.39. The lowest BCUT2D eigenvalue weighted by Gasteiger charge is -2.16. The van der Waals surface area contributed by atoms with Crippen LogP contribution in [0.3, 0.4) is 0 Å². The zero-order valence-electron chi connectivity index (χ0n) is 15.2. The molecule has 1 N–H and O–H groups in total. The van der Waals surface area contributed by atoms with Crippen LogP contribution < -0.4 is 10.9 Å². The van der Waals surface area contributed by atoms with Crippen molar-refractivity contribution >= 4 is 28.6 Å². The number of para-hydroxylation sites is 1. The Hall–Kier alpha value is -2.18. The molecule has 0 saturated carbocycles. The van der Waals surface area contributed by atoms with E-state index >= 15 is 0 Å². The second-order valence-corrected chi connectivity index (χ2v) is 8.38. The second kappa shape index (κ2) is 7.21. The summed E-state index contributed by atoms with van der Waals surface area (Å²) >= 11 is 7.90. The maximum atomic E-state index is 12.6. The molecule has 0 spiro atoms. The van der Waals surface area contributed by atoms with Gasteiger partial charge in [-0.05, 0) is 19.1 Å². The van der Waals surface area contributed by atoms with Crippen LogP contribution >= 0.6 is 22.9 Å². The first-order valence-electron chi connectivity index (χ1n) is 8.33. The van der Waals surface area contributed by atoms with Gasteiger partial charge in [0.05, 0.1) is 29.3 Å². The van der Waals surface area contributed by atoms with Gasteiger partial charge >= 0.3 is 0 Å². The van der Waals surface area contributed by atoms with Crippen LogP contribution in [0.5, 0.6) is 0 Å². The Morgan fingerprint density at radius 1 is 1.23 bits per heavy atom. The standard InChI is InChI=1S/C19H21ClN4OS/c1-12(17-23-15(11-26-17)19(2,3)4)22-14-10-21-24(18(25)16(14)20)13-8-6-5-7-9-13/h5-12,22H,1-4H3. The average molecular weight is 389 g/mol. The number of halogens is 1. The van der Waals surface area contributed by atoms with Gasteiger partial charge in [-0.3, -0.25) is 4.79 Å². The molecule has 3 rings (SSSR count). The third kappa shape index (κ3) is 3.81. The maximum Gasteiger partial charge on any atom is 0.292 e. The van der Waals surface area contributed by atoms with Crippen LogP contribution in [0, 0.1) is 0 Å². The van der Waals surface area contributed by atoms with Crippen LogP contribution in [0.25, 0.3) is 5.69 Å². The van der Waals surface area contributed by atoms with Gasteiger partial charge in [-0.25, -0.2) is 4.98 Å². The third-order valence-corrected chi connectivity index (χ3v) is 5.35. The summed E-state index contributed by atoms with van der Waals surface area (Å²) in [5.41, 5.74) is 1.88. The number of benzene rings is 1. The number of aromatic nitrogens is 3. The number of nitrogens with one attached hydrogen (secondary N) is 1. The summed E-state index contributed by atoms with van der Waals surface area (Å²) in [7, 11) is 0. The first-order chi connectivity index (χ1) is 12.3. The predicted molar refractivity (Wildman–Crippen MR) is 108 cm³/mol. The third-order valence-electron chi connectivity index (χ3n) is 3.95. The van der Waals surface area contributed by atoms with Crippen molar-refractivity contribution in [1.82, 2.24) is 14.8 Å². The van der Waals surface area contributed by atoms with Gasteiger partial charge in [0.2, 0.25) is 0 Å². The largest absolute Gasteiger partial charge is 0.373 e. The van der Waals surface area contributed by atoms with Gasteiger partial charge in [0.25, 0.3) is 5.56 Å². The highest BCUT2D eigenvalue weighted by Gasteiger charge is 2.20. The minimum Gasteiger partial charge on any atom is -0.373 e. The highest BCUT2D eigenvalue weighted by Crippen LogP contribution is 2.29. The molecule has 0 radical (unpaired) electrons. The van der Waals surface area contributed by atoms with Crippen LogP contribution in [-0.2, 0) is 5.41 Å². The van der Waals surface area contributed by atoms with Crippen molar-refractivity contribution in [2.24, 2.45) is 0 Å². The van der Waals surface area contributed by atoms with Crippen molar-refractivity contribution < 1.29 is 0 Å². The van der Waals surface area contributed by atoms with Gasteiger partial charge < -0.3 is 5.32 Å². The molecule has 0 aliphatic rings. The molecule has 1 aromatic carbocycles. The number of hydrogen-bond acceptors (Lipinski definition) is 5. The second-order valence-electron chi connectivity index (χ2n) is 7.11. The van der Waals surface area contributed by atoms with Crippen molar-refractivity contribution in [3.8, 4) is 5.69 Å². The Balaban J connectivity index is 1.85. The average Bonchev–Trinajstić information content (AvgIpc) is 3.10. The smallest absolute Gasteiger partial charge is 0.292 e. The zero-order chi connectivity index (χ0) is 18.9. The molecule has 0 amide bonds. The fraction of sp³-hybridized carbons (Fsp3) is 0.316. The number of thiazole rings is 1. The van der Waals surface area contributed by atoms with E-state index in [-0.39, 0.29) is 22.0 Å². The molecule has 0 aliphatic carbocycles. The number of hydrogen-bond donors (Lipinski definition) is 1. The van der Waals surface area contributed by atoms with E-state index < -0.39 is 0 Å². The van der Waals surface area contributed by atoms with E-state index in [4.69, 9.17) is 16.6 Å². The Morgan fingerprint density at radius 2 is 1.92 bits per heavy atom. The highest BCUT2D eigenvalue weighted by atomic mass is 35.5. The molecule has 1 atom stereocenters. The van der Waals surface area contributed by atoms with E-state index in [1.165, 1.54) is 4.68 Å². The molecule has 0 saturated heterocycles.